The second-order valence-electron chi connectivity index (χ2n) is 12.6. The first-order chi connectivity index (χ1) is 18.9. The Morgan fingerprint density at radius 1 is 0.615 bits per heavy atom. The summed E-state index contributed by atoms with van der Waals surface area (Å²) in [5.74, 6) is 2.15. The Labute approximate surface area is 242 Å². The van der Waals surface area contributed by atoms with Crippen LogP contribution in [0.5, 0.6) is 0 Å². The summed E-state index contributed by atoms with van der Waals surface area (Å²) in [4.78, 5) is 0. The molecule has 2 rings (SSSR count). The van der Waals surface area contributed by atoms with Crippen molar-refractivity contribution in [3.8, 4) is 0 Å². The Morgan fingerprint density at radius 2 is 1.21 bits per heavy atom. The Bertz CT molecular complexity index is 828. The third-order valence-corrected chi connectivity index (χ3v) is 8.15. The highest BCUT2D eigenvalue weighted by Gasteiger charge is 2.17. The van der Waals surface area contributed by atoms with E-state index in [0.717, 1.165) is 25.4 Å². The van der Waals surface area contributed by atoms with Crippen LogP contribution in [0.25, 0.3) is 0 Å². The third-order valence-electron chi connectivity index (χ3n) is 8.15. The van der Waals surface area contributed by atoms with Crippen LogP contribution in [-0.2, 0) is 28.9 Å². The van der Waals surface area contributed by atoms with Gasteiger partial charge in [-0.05, 0) is 73.0 Å². The molecule has 39 heavy (non-hydrogen) atoms. The minimum Gasteiger partial charge on any atom is -0.379 e. The maximum Gasteiger partial charge on any atom is 0.0815 e. The van der Waals surface area contributed by atoms with E-state index in [1.165, 1.54) is 87.3 Å². The topological polar surface area (TPSA) is 18.5 Å². The lowest BCUT2D eigenvalue weighted by molar-refractivity contribution is -0.0381. The van der Waals surface area contributed by atoms with Gasteiger partial charge >= 0.3 is 0 Å². The van der Waals surface area contributed by atoms with Gasteiger partial charge in [-0.2, -0.15) is 0 Å². The van der Waals surface area contributed by atoms with Gasteiger partial charge in [0.15, 0.2) is 0 Å². The monoisotopic (exact) mass is 536 g/mol. The van der Waals surface area contributed by atoms with E-state index in [1.807, 2.05) is 0 Å². The molecule has 2 aromatic rings. The molecular formula is C37H60O2. The van der Waals surface area contributed by atoms with Crippen molar-refractivity contribution in [1.82, 2.24) is 0 Å². The molecule has 2 aromatic carbocycles. The van der Waals surface area contributed by atoms with E-state index in [2.05, 4.69) is 89.2 Å². The van der Waals surface area contributed by atoms with Gasteiger partial charge in [0.2, 0.25) is 0 Å². The van der Waals surface area contributed by atoms with Crippen molar-refractivity contribution in [3.05, 3.63) is 71.3 Å². The van der Waals surface area contributed by atoms with Gasteiger partial charge in [-0.15, -0.1) is 0 Å². The van der Waals surface area contributed by atoms with Crippen LogP contribution in [0.3, 0.4) is 0 Å². The second-order valence-corrected chi connectivity index (χ2v) is 12.6. The molecule has 0 aliphatic carbocycles. The fraction of sp³-hybridized carbons (Fsp3) is 0.676. The SMILES string of the molecule is CC(C)CCCCCCCCc1cccc(CCCCCOCC(CC(C)C(C)C)OCc2ccccc2)c1. The minimum atomic E-state index is 0.162. The number of ether oxygens (including phenoxy) is 2. The molecule has 0 saturated heterocycles. The number of hydrogen-bond donors (Lipinski definition) is 0. The van der Waals surface area contributed by atoms with Crippen LogP contribution < -0.4 is 0 Å². The summed E-state index contributed by atoms with van der Waals surface area (Å²) < 4.78 is 12.4. The lowest BCUT2D eigenvalue weighted by atomic mass is 9.92. The zero-order chi connectivity index (χ0) is 28.1. The standard InChI is InChI=1S/C37H60O2/c1-31(2)19-12-8-6-7-9-13-20-34-24-18-25-35(28-34)21-16-11-17-26-38-30-37(27-33(5)32(3)4)39-29-36-22-14-10-15-23-36/h10,14-15,18,22-25,28,31-33,37H,6-9,11-13,16-17,19-21,26-27,29-30H2,1-5H3. The molecule has 0 amide bonds. The Hall–Kier alpha value is -1.64. The minimum absolute atomic E-state index is 0.162. The van der Waals surface area contributed by atoms with Crippen molar-refractivity contribution in [1.29, 1.82) is 0 Å². The summed E-state index contributed by atoms with van der Waals surface area (Å²) in [6.07, 6.45) is 16.9. The summed E-state index contributed by atoms with van der Waals surface area (Å²) in [6, 6.07) is 19.8. The van der Waals surface area contributed by atoms with E-state index in [4.69, 9.17) is 9.47 Å². The van der Waals surface area contributed by atoms with Crippen LogP contribution in [-0.4, -0.2) is 19.3 Å². The molecule has 220 valence electrons. The smallest absolute Gasteiger partial charge is 0.0815 e. The van der Waals surface area contributed by atoms with Gasteiger partial charge in [0.05, 0.1) is 19.3 Å². The molecule has 0 saturated carbocycles. The van der Waals surface area contributed by atoms with E-state index in [1.54, 1.807) is 0 Å². The molecule has 0 fully saturated rings. The van der Waals surface area contributed by atoms with Crippen molar-refractivity contribution >= 4 is 0 Å². The molecule has 0 N–H and O–H groups in total. The maximum absolute atomic E-state index is 6.29. The molecule has 0 aromatic heterocycles. The Kier molecular flexibility index (Phi) is 18.2. The quantitative estimate of drug-likeness (QED) is 0.131. The zero-order valence-electron chi connectivity index (χ0n) is 26.1. The predicted molar refractivity (Wildman–Crippen MR) is 169 cm³/mol. The van der Waals surface area contributed by atoms with E-state index in [-0.39, 0.29) is 6.10 Å². The molecule has 0 radical (unpaired) electrons. The molecule has 0 aliphatic heterocycles. The van der Waals surface area contributed by atoms with Gasteiger partial charge < -0.3 is 9.47 Å². The lowest BCUT2D eigenvalue weighted by Gasteiger charge is -2.24. The zero-order valence-corrected chi connectivity index (χ0v) is 26.1. The summed E-state index contributed by atoms with van der Waals surface area (Å²) in [5, 5.41) is 0. The van der Waals surface area contributed by atoms with E-state index < -0.39 is 0 Å². The van der Waals surface area contributed by atoms with Crippen molar-refractivity contribution in [2.45, 2.75) is 131 Å². The van der Waals surface area contributed by atoms with Gasteiger partial charge in [0.25, 0.3) is 0 Å². The van der Waals surface area contributed by atoms with Crippen molar-refractivity contribution < 1.29 is 9.47 Å². The fourth-order valence-corrected chi connectivity index (χ4v) is 5.11. The number of aryl methyl sites for hydroxylation is 2. The van der Waals surface area contributed by atoms with Crippen LogP contribution in [0.2, 0.25) is 0 Å². The molecule has 2 unspecified atom stereocenters. The van der Waals surface area contributed by atoms with Crippen LogP contribution in [0, 0.1) is 17.8 Å². The highest BCUT2D eigenvalue weighted by atomic mass is 16.5. The van der Waals surface area contributed by atoms with Gasteiger partial charge in [0.1, 0.15) is 0 Å². The van der Waals surface area contributed by atoms with Crippen molar-refractivity contribution in [3.63, 3.8) is 0 Å². The molecule has 0 aliphatic rings. The molecule has 0 heterocycles. The molecular weight excluding hydrogens is 476 g/mol. The number of rotatable bonds is 23. The Balaban J connectivity index is 1.57. The first-order valence-corrected chi connectivity index (χ1v) is 16.2. The number of hydrogen-bond acceptors (Lipinski definition) is 2. The maximum atomic E-state index is 6.29. The van der Waals surface area contributed by atoms with Gasteiger partial charge in [-0.25, -0.2) is 0 Å². The summed E-state index contributed by atoms with van der Waals surface area (Å²) >= 11 is 0. The molecule has 0 spiro atoms. The average Bonchev–Trinajstić information content (AvgIpc) is 2.93. The van der Waals surface area contributed by atoms with Crippen LogP contribution >= 0.6 is 0 Å². The van der Waals surface area contributed by atoms with Crippen LogP contribution in [0.4, 0.5) is 0 Å². The largest absolute Gasteiger partial charge is 0.379 e. The van der Waals surface area contributed by atoms with Crippen LogP contribution in [0.1, 0.15) is 122 Å². The van der Waals surface area contributed by atoms with E-state index in [0.29, 0.717) is 25.0 Å². The number of unbranched alkanes of at least 4 members (excludes halogenated alkanes) is 7. The third kappa shape index (κ3) is 16.9. The highest BCUT2D eigenvalue weighted by molar-refractivity contribution is 5.23. The first-order valence-electron chi connectivity index (χ1n) is 16.2. The fourth-order valence-electron chi connectivity index (χ4n) is 5.11. The number of benzene rings is 2. The van der Waals surface area contributed by atoms with Gasteiger partial charge in [-0.1, -0.05) is 134 Å². The van der Waals surface area contributed by atoms with Gasteiger partial charge in [0, 0.05) is 6.61 Å². The predicted octanol–water partition coefficient (Wildman–Crippen LogP) is 10.6. The second kappa shape index (κ2) is 21.2. The molecule has 2 atom stereocenters. The summed E-state index contributed by atoms with van der Waals surface area (Å²) in [6.45, 7) is 13.8. The van der Waals surface area contributed by atoms with Gasteiger partial charge in [-0.3, -0.25) is 0 Å². The normalized spacial score (nSPS) is 13.3. The van der Waals surface area contributed by atoms with E-state index in [9.17, 15) is 0 Å². The highest BCUT2D eigenvalue weighted by Crippen LogP contribution is 2.20. The average molecular weight is 537 g/mol. The van der Waals surface area contributed by atoms with Crippen molar-refractivity contribution in [2.24, 2.45) is 17.8 Å². The summed E-state index contributed by atoms with van der Waals surface area (Å²) in [7, 11) is 0. The first kappa shape index (κ1) is 33.6. The lowest BCUT2D eigenvalue weighted by Crippen LogP contribution is -2.24. The molecule has 0 bridgehead atoms. The molecule has 2 heteroatoms. The van der Waals surface area contributed by atoms with Crippen LogP contribution in [0.15, 0.2) is 54.6 Å². The van der Waals surface area contributed by atoms with Crippen molar-refractivity contribution in [2.75, 3.05) is 13.2 Å². The Morgan fingerprint density at radius 3 is 1.85 bits per heavy atom. The molecule has 2 nitrogen and oxygen atoms in total. The van der Waals surface area contributed by atoms with E-state index >= 15 is 0 Å². The summed E-state index contributed by atoms with van der Waals surface area (Å²) in [5.41, 5.74) is 4.25.